The molecular weight excluding hydrogens is 116 g/mol. The van der Waals surface area contributed by atoms with Gasteiger partial charge in [-0.05, 0) is 19.4 Å². The third kappa shape index (κ3) is 3.46. The highest BCUT2D eigenvalue weighted by Gasteiger charge is 2.17. The van der Waals surface area contributed by atoms with Crippen molar-refractivity contribution in [3.8, 4) is 0 Å². The Kier molecular flexibility index (Phi) is 2.97. The Bertz CT molecular complexity index is 73.5. The number of hydrogen-bond donors (Lipinski definition) is 3. The zero-order valence-electron chi connectivity index (χ0n) is 5.56. The van der Waals surface area contributed by atoms with Gasteiger partial charge < -0.3 is 10.4 Å². The molecule has 1 unspecified atom stereocenters. The number of nitrogens with one attached hydrogen (secondary N) is 2. The maximum Gasteiger partial charge on any atom is 0.0702 e. The van der Waals surface area contributed by atoms with Crippen molar-refractivity contribution in [3.63, 3.8) is 0 Å². The number of unbranched alkanes of at least 4 members (excludes halogenated alkanes) is 1. The van der Waals surface area contributed by atoms with Gasteiger partial charge in [0.25, 0.3) is 0 Å². The highest BCUT2D eigenvalue weighted by Crippen LogP contribution is 1.91. The topological polar surface area (TPSA) is 54.2 Å². The molecule has 1 atom stereocenters. The van der Waals surface area contributed by atoms with E-state index in [2.05, 4.69) is 10.6 Å². The van der Waals surface area contributed by atoms with Gasteiger partial charge in [0, 0.05) is 13.2 Å². The maximum atomic E-state index is 8.40. The molecule has 0 aromatic carbocycles. The molecule has 0 bridgehead atoms. The average molecular weight is 130 g/mol. The Morgan fingerprint density at radius 3 is 2.89 bits per heavy atom. The molecule has 9 heavy (non-hydrogen) atoms. The average Bonchev–Trinajstić information content (AvgIpc) is 2.63. The quantitative estimate of drug-likeness (QED) is 0.340. The monoisotopic (exact) mass is 130 g/mol. The molecule has 0 aromatic rings. The van der Waals surface area contributed by atoms with Crippen LogP contribution in [0.1, 0.15) is 12.8 Å². The van der Waals surface area contributed by atoms with Crippen LogP contribution in [-0.2, 0) is 0 Å². The lowest BCUT2D eigenvalue weighted by Gasteiger charge is -1.97. The minimum absolute atomic E-state index is 0.319. The summed E-state index contributed by atoms with van der Waals surface area (Å²) < 4.78 is 0. The largest absolute Gasteiger partial charge is 0.396 e. The van der Waals surface area contributed by atoms with Crippen LogP contribution in [0.25, 0.3) is 0 Å². The molecule has 3 heteroatoms. The highest BCUT2D eigenvalue weighted by atomic mass is 16.2. The van der Waals surface area contributed by atoms with E-state index < -0.39 is 0 Å². The lowest BCUT2D eigenvalue weighted by Crippen LogP contribution is -2.21. The molecule has 54 valence electrons. The first-order valence-electron chi connectivity index (χ1n) is 3.51. The van der Waals surface area contributed by atoms with Gasteiger partial charge in [-0.25, -0.2) is 0 Å². The van der Waals surface area contributed by atoms with Gasteiger partial charge in [0.15, 0.2) is 0 Å². The molecule has 0 radical (unpaired) electrons. The van der Waals surface area contributed by atoms with Crippen LogP contribution in [0.3, 0.4) is 0 Å². The molecule has 1 fully saturated rings. The van der Waals surface area contributed by atoms with Gasteiger partial charge in [-0.1, -0.05) is 0 Å². The van der Waals surface area contributed by atoms with Crippen LogP contribution < -0.4 is 10.6 Å². The van der Waals surface area contributed by atoms with Crippen molar-refractivity contribution >= 4 is 0 Å². The molecule has 1 rings (SSSR count). The maximum absolute atomic E-state index is 8.40. The van der Waals surface area contributed by atoms with E-state index in [0.29, 0.717) is 12.8 Å². The Morgan fingerprint density at radius 1 is 1.56 bits per heavy atom. The van der Waals surface area contributed by atoms with Gasteiger partial charge in [0.05, 0.1) is 6.17 Å². The third-order valence-corrected chi connectivity index (χ3v) is 1.38. The summed E-state index contributed by atoms with van der Waals surface area (Å²) in [6.07, 6.45) is 2.57. The molecule has 1 aliphatic rings. The summed E-state index contributed by atoms with van der Waals surface area (Å²) in [5.74, 6) is 0. The first-order chi connectivity index (χ1) is 4.43. The van der Waals surface area contributed by atoms with Gasteiger partial charge in [-0.15, -0.1) is 0 Å². The second-order valence-electron chi connectivity index (χ2n) is 2.35. The van der Waals surface area contributed by atoms with Gasteiger partial charge in [-0.3, -0.25) is 5.32 Å². The smallest absolute Gasteiger partial charge is 0.0702 e. The van der Waals surface area contributed by atoms with Crippen molar-refractivity contribution in [3.05, 3.63) is 0 Å². The highest BCUT2D eigenvalue weighted by molar-refractivity contribution is 4.79. The van der Waals surface area contributed by atoms with Crippen LogP contribution >= 0.6 is 0 Å². The molecule has 1 heterocycles. The fraction of sp³-hybridized carbons (Fsp3) is 1.00. The van der Waals surface area contributed by atoms with E-state index in [4.69, 9.17) is 5.11 Å². The van der Waals surface area contributed by atoms with Crippen LogP contribution in [-0.4, -0.2) is 31.0 Å². The van der Waals surface area contributed by atoms with Crippen LogP contribution in [0.4, 0.5) is 0 Å². The van der Waals surface area contributed by atoms with Crippen molar-refractivity contribution in [2.75, 3.05) is 19.7 Å². The number of rotatable bonds is 5. The van der Waals surface area contributed by atoms with Gasteiger partial charge in [0.2, 0.25) is 0 Å². The fourth-order valence-corrected chi connectivity index (χ4v) is 0.716. The summed E-state index contributed by atoms with van der Waals surface area (Å²) in [4.78, 5) is 0. The molecule has 0 aliphatic carbocycles. The van der Waals surface area contributed by atoms with E-state index in [1.807, 2.05) is 0 Å². The van der Waals surface area contributed by atoms with Crippen LogP contribution in [0.2, 0.25) is 0 Å². The van der Waals surface area contributed by atoms with E-state index in [0.717, 1.165) is 25.9 Å². The molecule has 0 saturated carbocycles. The van der Waals surface area contributed by atoms with Crippen molar-refractivity contribution in [1.82, 2.24) is 10.6 Å². The summed E-state index contributed by atoms with van der Waals surface area (Å²) in [6.45, 7) is 2.46. The van der Waals surface area contributed by atoms with Crippen molar-refractivity contribution in [1.29, 1.82) is 0 Å². The number of hydrogen-bond acceptors (Lipinski definition) is 3. The fourth-order valence-electron chi connectivity index (χ4n) is 0.716. The predicted octanol–water partition coefficient (Wildman–Crippen LogP) is -0.722. The second kappa shape index (κ2) is 3.82. The molecule has 0 amide bonds. The first kappa shape index (κ1) is 6.99. The molecule has 1 saturated heterocycles. The lowest BCUT2D eigenvalue weighted by atomic mass is 10.3. The lowest BCUT2D eigenvalue weighted by molar-refractivity contribution is 0.283. The van der Waals surface area contributed by atoms with Gasteiger partial charge >= 0.3 is 0 Å². The van der Waals surface area contributed by atoms with Crippen LogP contribution in [0, 0.1) is 0 Å². The summed E-state index contributed by atoms with van der Waals surface area (Å²) in [7, 11) is 0. The Hall–Kier alpha value is -0.120. The van der Waals surface area contributed by atoms with E-state index in [-0.39, 0.29) is 0 Å². The van der Waals surface area contributed by atoms with E-state index >= 15 is 0 Å². The molecular formula is C6H14N2O. The Morgan fingerprint density at radius 2 is 2.33 bits per heavy atom. The third-order valence-electron chi connectivity index (χ3n) is 1.38. The van der Waals surface area contributed by atoms with E-state index in [1.165, 1.54) is 0 Å². The normalized spacial score (nSPS) is 24.3. The van der Waals surface area contributed by atoms with Gasteiger partial charge in [-0.2, -0.15) is 0 Å². The predicted molar refractivity (Wildman–Crippen MR) is 36.1 cm³/mol. The SMILES string of the molecule is OCCCCNC1CN1. The standard InChI is InChI=1S/C6H14N2O/c9-4-2-1-3-7-6-5-8-6/h6-9H,1-5H2. The zero-order chi connectivity index (χ0) is 6.53. The Labute approximate surface area is 55.5 Å². The molecule has 0 spiro atoms. The molecule has 1 aliphatic heterocycles. The summed E-state index contributed by atoms with van der Waals surface area (Å²) in [5, 5.41) is 14.8. The van der Waals surface area contributed by atoms with Crippen molar-refractivity contribution in [2.24, 2.45) is 0 Å². The van der Waals surface area contributed by atoms with Crippen LogP contribution in [0.5, 0.6) is 0 Å². The minimum Gasteiger partial charge on any atom is -0.396 e. The van der Waals surface area contributed by atoms with Crippen molar-refractivity contribution < 1.29 is 5.11 Å². The molecule has 0 aromatic heterocycles. The Balaban J connectivity index is 1.71. The number of aliphatic hydroxyl groups excluding tert-OH is 1. The minimum atomic E-state index is 0.319. The first-order valence-corrected chi connectivity index (χ1v) is 3.51. The second-order valence-corrected chi connectivity index (χ2v) is 2.35. The van der Waals surface area contributed by atoms with E-state index in [1.54, 1.807) is 0 Å². The molecule has 3 N–H and O–H groups in total. The number of aliphatic hydroxyl groups is 1. The summed E-state index contributed by atoms with van der Waals surface area (Å²) in [5.41, 5.74) is 0. The summed E-state index contributed by atoms with van der Waals surface area (Å²) in [6, 6.07) is 0. The molecule has 3 nitrogen and oxygen atoms in total. The zero-order valence-corrected chi connectivity index (χ0v) is 5.56. The van der Waals surface area contributed by atoms with E-state index in [9.17, 15) is 0 Å². The van der Waals surface area contributed by atoms with Crippen molar-refractivity contribution in [2.45, 2.75) is 19.0 Å². The van der Waals surface area contributed by atoms with Crippen LogP contribution in [0.15, 0.2) is 0 Å². The van der Waals surface area contributed by atoms with Gasteiger partial charge in [0.1, 0.15) is 0 Å². The summed E-state index contributed by atoms with van der Waals surface area (Å²) >= 11 is 0.